The number of hydrogen-bond donors (Lipinski definition) is 1. The fourth-order valence-electron chi connectivity index (χ4n) is 2.27. The Kier molecular flexibility index (Phi) is 4.06. The van der Waals surface area contributed by atoms with E-state index in [2.05, 4.69) is 43.1 Å². The van der Waals surface area contributed by atoms with Crippen LogP contribution in [0.25, 0.3) is 0 Å². The van der Waals surface area contributed by atoms with Gasteiger partial charge in [-0.2, -0.15) is 0 Å². The Morgan fingerprint density at radius 3 is 2.71 bits per heavy atom. The molecule has 2 N–H and O–H groups in total. The lowest BCUT2D eigenvalue weighted by molar-refractivity contribution is 0.644. The average molecular weight is 232 g/mol. The SMILES string of the molecule is CCC(N)Cc1ccccc1N(C)CC1CC1. The third-order valence-electron chi connectivity index (χ3n) is 3.64. The molecule has 1 aromatic rings. The van der Waals surface area contributed by atoms with Gasteiger partial charge in [-0.05, 0) is 43.2 Å². The number of para-hydroxylation sites is 1. The van der Waals surface area contributed by atoms with Gasteiger partial charge in [-0.3, -0.25) is 0 Å². The van der Waals surface area contributed by atoms with Crippen molar-refractivity contribution in [2.24, 2.45) is 11.7 Å². The van der Waals surface area contributed by atoms with Crippen molar-refractivity contribution in [1.82, 2.24) is 0 Å². The fraction of sp³-hybridized carbons (Fsp3) is 0.600. The molecule has 0 saturated heterocycles. The van der Waals surface area contributed by atoms with Crippen molar-refractivity contribution in [1.29, 1.82) is 0 Å². The summed E-state index contributed by atoms with van der Waals surface area (Å²) in [5, 5.41) is 0. The van der Waals surface area contributed by atoms with Crippen molar-refractivity contribution in [2.45, 2.75) is 38.6 Å². The van der Waals surface area contributed by atoms with Gasteiger partial charge in [-0.15, -0.1) is 0 Å². The molecule has 2 heteroatoms. The van der Waals surface area contributed by atoms with E-state index in [9.17, 15) is 0 Å². The summed E-state index contributed by atoms with van der Waals surface area (Å²) in [4.78, 5) is 2.40. The second kappa shape index (κ2) is 5.54. The maximum absolute atomic E-state index is 6.07. The Labute approximate surface area is 105 Å². The maximum Gasteiger partial charge on any atom is 0.0396 e. The highest BCUT2D eigenvalue weighted by Crippen LogP contribution is 2.31. The van der Waals surface area contributed by atoms with Crippen molar-refractivity contribution in [3.8, 4) is 0 Å². The average Bonchev–Trinajstić information content (AvgIpc) is 3.13. The van der Waals surface area contributed by atoms with Crippen LogP contribution in [0.15, 0.2) is 24.3 Å². The van der Waals surface area contributed by atoms with Gasteiger partial charge in [-0.25, -0.2) is 0 Å². The summed E-state index contributed by atoms with van der Waals surface area (Å²) in [5.74, 6) is 0.924. The molecule has 1 unspecified atom stereocenters. The summed E-state index contributed by atoms with van der Waals surface area (Å²) >= 11 is 0. The van der Waals surface area contributed by atoms with Crippen LogP contribution < -0.4 is 10.6 Å². The molecule has 0 aliphatic heterocycles. The van der Waals surface area contributed by atoms with E-state index in [4.69, 9.17) is 5.73 Å². The third kappa shape index (κ3) is 3.47. The Morgan fingerprint density at radius 1 is 1.35 bits per heavy atom. The molecule has 0 heterocycles. The summed E-state index contributed by atoms with van der Waals surface area (Å²) in [7, 11) is 2.20. The second-order valence-corrected chi connectivity index (χ2v) is 5.33. The van der Waals surface area contributed by atoms with Crippen molar-refractivity contribution in [3.05, 3.63) is 29.8 Å². The van der Waals surface area contributed by atoms with Crippen molar-refractivity contribution in [3.63, 3.8) is 0 Å². The summed E-state index contributed by atoms with van der Waals surface area (Å²) in [6, 6.07) is 8.96. The van der Waals surface area contributed by atoms with E-state index in [1.807, 2.05) is 0 Å². The smallest absolute Gasteiger partial charge is 0.0396 e. The van der Waals surface area contributed by atoms with Crippen LogP contribution in [0.2, 0.25) is 0 Å². The van der Waals surface area contributed by atoms with Crippen LogP contribution in [0.4, 0.5) is 5.69 Å². The van der Waals surface area contributed by atoms with Crippen LogP contribution in [0.5, 0.6) is 0 Å². The van der Waals surface area contributed by atoms with Crippen LogP contribution in [-0.4, -0.2) is 19.6 Å². The molecule has 1 saturated carbocycles. The molecule has 0 radical (unpaired) electrons. The highest BCUT2D eigenvalue weighted by atomic mass is 15.1. The zero-order chi connectivity index (χ0) is 12.3. The first kappa shape index (κ1) is 12.4. The van der Waals surface area contributed by atoms with Gasteiger partial charge in [0.05, 0.1) is 0 Å². The minimum Gasteiger partial charge on any atom is -0.374 e. The molecule has 1 atom stereocenters. The van der Waals surface area contributed by atoms with Crippen molar-refractivity contribution < 1.29 is 0 Å². The van der Waals surface area contributed by atoms with Crippen molar-refractivity contribution >= 4 is 5.69 Å². The summed E-state index contributed by atoms with van der Waals surface area (Å²) < 4.78 is 0. The Bertz CT molecular complexity index is 358. The number of hydrogen-bond acceptors (Lipinski definition) is 2. The molecule has 0 aromatic heterocycles. The van der Waals surface area contributed by atoms with Gasteiger partial charge in [0.2, 0.25) is 0 Å². The van der Waals surface area contributed by atoms with E-state index in [1.54, 1.807) is 0 Å². The van der Waals surface area contributed by atoms with Gasteiger partial charge in [0.15, 0.2) is 0 Å². The number of anilines is 1. The summed E-state index contributed by atoms with van der Waals surface area (Å²) in [5.41, 5.74) is 8.83. The first-order valence-corrected chi connectivity index (χ1v) is 6.75. The number of nitrogens with zero attached hydrogens (tertiary/aromatic N) is 1. The normalized spacial score (nSPS) is 16.9. The molecule has 2 nitrogen and oxygen atoms in total. The Morgan fingerprint density at radius 2 is 2.06 bits per heavy atom. The molecule has 1 aliphatic carbocycles. The molecule has 1 aliphatic rings. The molecule has 17 heavy (non-hydrogen) atoms. The summed E-state index contributed by atoms with van der Waals surface area (Å²) in [6.45, 7) is 3.35. The van der Waals surface area contributed by atoms with E-state index in [0.29, 0.717) is 0 Å². The van der Waals surface area contributed by atoms with Gasteiger partial charge in [0.1, 0.15) is 0 Å². The van der Waals surface area contributed by atoms with Gasteiger partial charge in [0, 0.05) is 25.3 Å². The van der Waals surface area contributed by atoms with E-state index in [0.717, 1.165) is 18.8 Å². The molecule has 0 amide bonds. The quantitative estimate of drug-likeness (QED) is 0.817. The molecule has 0 spiro atoms. The van der Waals surface area contributed by atoms with Crippen LogP contribution in [0, 0.1) is 5.92 Å². The zero-order valence-corrected chi connectivity index (χ0v) is 11.0. The number of benzene rings is 1. The lowest BCUT2D eigenvalue weighted by atomic mass is 10.0. The van der Waals surface area contributed by atoms with Crippen LogP contribution in [0.3, 0.4) is 0 Å². The van der Waals surface area contributed by atoms with Gasteiger partial charge < -0.3 is 10.6 Å². The number of rotatable bonds is 6. The van der Waals surface area contributed by atoms with Gasteiger partial charge in [-0.1, -0.05) is 25.1 Å². The highest BCUT2D eigenvalue weighted by Gasteiger charge is 2.23. The fourth-order valence-corrected chi connectivity index (χ4v) is 2.27. The molecule has 1 aromatic carbocycles. The Balaban J connectivity index is 2.08. The molecule has 0 bridgehead atoms. The van der Waals surface area contributed by atoms with Gasteiger partial charge in [0.25, 0.3) is 0 Å². The predicted molar refractivity (Wildman–Crippen MR) is 74.4 cm³/mol. The van der Waals surface area contributed by atoms with E-state index in [1.165, 1.54) is 30.6 Å². The highest BCUT2D eigenvalue weighted by molar-refractivity contribution is 5.53. The van der Waals surface area contributed by atoms with Crippen molar-refractivity contribution in [2.75, 3.05) is 18.5 Å². The monoisotopic (exact) mass is 232 g/mol. The second-order valence-electron chi connectivity index (χ2n) is 5.33. The molecule has 94 valence electrons. The van der Waals surface area contributed by atoms with Crippen LogP contribution in [-0.2, 0) is 6.42 Å². The first-order valence-electron chi connectivity index (χ1n) is 6.75. The number of nitrogens with two attached hydrogens (primary N) is 1. The lowest BCUT2D eigenvalue weighted by Crippen LogP contribution is -2.25. The maximum atomic E-state index is 6.07. The molecule has 2 rings (SSSR count). The largest absolute Gasteiger partial charge is 0.374 e. The lowest BCUT2D eigenvalue weighted by Gasteiger charge is -2.23. The van der Waals surface area contributed by atoms with E-state index in [-0.39, 0.29) is 6.04 Å². The predicted octanol–water partition coefficient (Wildman–Crippen LogP) is 2.81. The Hall–Kier alpha value is -1.02. The first-order chi connectivity index (χ1) is 8.20. The topological polar surface area (TPSA) is 29.3 Å². The summed E-state index contributed by atoms with van der Waals surface area (Å²) in [6.07, 6.45) is 4.84. The van der Waals surface area contributed by atoms with E-state index >= 15 is 0 Å². The minimum absolute atomic E-state index is 0.283. The van der Waals surface area contributed by atoms with Gasteiger partial charge >= 0.3 is 0 Å². The van der Waals surface area contributed by atoms with Crippen LogP contribution >= 0.6 is 0 Å². The third-order valence-corrected chi connectivity index (χ3v) is 3.64. The minimum atomic E-state index is 0.283. The molecular formula is C15H24N2. The van der Waals surface area contributed by atoms with Crippen LogP contribution in [0.1, 0.15) is 31.7 Å². The standard InChI is InChI=1S/C15H24N2/c1-3-14(16)10-13-6-4-5-7-15(13)17(2)11-12-8-9-12/h4-7,12,14H,3,8-11,16H2,1-2H3. The molecular weight excluding hydrogens is 208 g/mol. The molecule has 1 fully saturated rings. The van der Waals surface area contributed by atoms with E-state index < -0.39 is 0 Å². The zero-order valence-electron chi connectivity index (χ0n) is 11.0.